The molecule has 1 saturated carbocycles. The second-order valence-electron chi connectivity index (χ2n) is 6.23. The minimum absolute atomic E-state index is 0.0432. The molecule has 0 radical (unpaired) electrons. The third-order valence-electron chi connectivity index (χ3n) is 4.70. The van der Waals surface area contributed by atoms with Crippen molar-refractivity contribution in [3.05, 3.63) is 28.8 Å². The molecule has 0 aromatic heterocycles. The van der Waals surface area contributed by atoms with Crippen LogP contribution in [0.3, 0.4) is 0 Å². The number of benzene rings is 1. The van der Waals surface area contributed by atoms with Crippen LogP contribution in [-0.2, 0) is 0 Å². The zero-order valence-corrected chi connectivity index (χ0v) is 11.7. The molecule has 0 bridgehead atoms. The Morgan fingerprint density at radius 1 is 1.37 bits per heavy atom. The minimum atomic E-state index is -0.0666. The molecule has 2 N–H and O–H groups in total. The first kappa shape index (κ1) is 12.0. The lowest BCUT2D eigenvalue weighted by atomic mass is 9.87. The van der Waals surface area contributed by atoms with Gasteiger partial charge in [-0.3, -0.25) is 4.90 Å². The minimum Gasteiger partial charge on any atom is -0.485 e. The Kier molecular flexibility index (Phi) is 2.60. The fourth-order valence-corrected chi connectivity index (χ4v) is 3.75. The van der Waals surface area contributed by atoms with Crippen molar-refractivity contribution in [2.24, 2.45) is 5.73 Å². The van der Waals surface area contributed by atoms with Crippen LogP contribution in [0.25, 0.3) is 0 Å². The highest BCUT2D eigenvalue weighted by Crippen LogP contribution is 2.45. The lowest BCUT2D eigenvalue weighted by Crippen LogP contribution is -2.45. The average Bonchev–Trinajstić information content (AvgIpc) is 3.15. The van der Waals surface area contributed by atoms with E-state index in [1.54, 1.807) is 0 Å². The Bertz CT molecular complexity index is 517. The van der Waals surface area contributed by atoms with E-state index in [2.05, 4.69) is 4.90 Å². The number of hydrogen-bond acceptors (Lipinski definition) is 3. The maximum Gasteiger partial charge on any atom is 0.125 e. The zero-order chi connectivity index (χ0) is 13.0. The molecule has 0 amide bonds. The van der Waals surface area contributed by atoms with Gasteiger partial charge in [-0.15, -0.1) is 0 Å². The maximum atomic E-state index is 6.35. The van der Waals surface area contributed by atoms with E-state index < -0.39 is 0 Å². The molecule has 2 atom stereocenters. The fourth-order valence-electron chi connectivity index (χ4n) is 3.56. The van der Waals surface area contributed by atoms with Crippen molar-refractivity contribution < 1.29 is 4.74 Å². The number of rotatable bonds is 1. The molecule has 1 aromatic rings. The summed E-state index contributed by atoms with van der Waals surface area (Å²) in [5.74, 6) is 0.931. The van der Waals surface area contributed by atoms with Crippen LogP contribution in [0, 0.1) is 0 Å². The molecule has 4 heteroatoms. The largest absolute Gasteiger partial charge is 0.485 e. The van der Waals surface area contributed by atoms with Gasteiger partial charge in [0.2, 0.25) is 0 Å². The molecule has 102 valence electrons. The topological polar surface area (TPSA) is 38.5 Å². The van der Waals surface area contributed by atoms with Crippen LogP contribution < -0.4 is 10.5 Å². The molecule has 2 heterocycles. The number of nitrogens with zero attached hydrogens (tertiary/aromatic N) is 1. The number of hydrogen-bond donors (Lipinski definition) is 1. The van der Waals surface area contributed by atoms with Crippen molar-refractivity contribution in [1.29, 1.82) is 0 Å². The number of halogens is 1. The van der Waals surface area contributed by atoms with Crippen LogP contribution in [-0.4, -0.2) is 29.6 Å². The van der Waals surface area contributed by atoms with Crippen molar-refractivity contribution >= 4 is 11.6 Å². The van der Waals surface area contributed by atoms with Gasteiger partial charge in [0.15, 0.2) is 0 Å². The third kappa shape index (κ3) is 2.04. The van der Waals surface area contributed by atoms with Gasteiger partial charge in [0.25, 0.3) is 0 Å². The van der Waals surface area contributed by atoms with Crippen LogP contribution in [0.1, 0.15) is 37.3 Å². The summed E-state index contributed by atoms with van der Waals surface area (Å²) in [7, 11) is 0. The van der Waals surface area contributed by atoms with Crippen LogP contribution in [0.2, 0.25) is 5.02 Å². The summed E-state index contributed by atoms with van der Waals surface area (Å²) < 4.78 is 6.33. The molecule has 1 spiro atoms. The summed E-state index contributed by atoms with van der Waals surface area (Å²) in [5, 5.41) is 0.736. The van der Waals surface area contributed by atoms with Gasteiger partial charge >= 0.3 is 0 Å². The van der Waals surface area contributed by atoms with E-state index in [1.807, 2.05) is 18.2 Å². The van der Waals surface area contributed by atoms with Crippen LogP contribution in [0.4, 0.5) is 0 Å². The SMILES string of the molecule is N[C@H]1CC2(CCN(C3CC3)C2)Oc2ccc(Cl)cc21. The van der Waals surface area contributed by atoms with Gasteiger partial charge in [-0.05, 0) is 31.0 Å². The van der Waals surface area contributed by atoms with Gasteiger partial charge in [0.1, 0.15) is 11.4 Å². The quantitative estimate of drug-likeness (QED) is 0.858. The van der Waals surface area contributed by atoms with Crippen LogP contribution in [0.15, 0.2) is 18.2 Å². The van der Waals surface area contributed by atoms with Gasteiger partial charge < -0.3 is 10.5 Å². The smallest absolute Gasteiger partial charge is 0.125 e. The first-order chi connectivity index (χ1) is 9.15. The van der Waals surface area contributed by atoms with Crippen LogP contribution >= 0.6 is 11.6 Å². The highest BCUT2D eigenvalue weighted by molar-refractivity contribution is 6.30. The maximum absolute atomic E-state index is 6.35. The molecule has 1 unspecified atom stereocenters. The summed E-state index contributed by atoms with van der Waals surface area (Å²) in [5.41, 5.74) is 7.34. The van der Waals surface area contributed by atoms with E-state index >= 15 is 0 Å². The van der Waals surface area contributed by atoms with Gasteiger partial charge in [-0.2, -0.15) is 0 Å². The Balaban J connectivity index is 1.62. The molecule has 2 aliphatic heterocycles. The Morgan fingerprint density at radius 2 is 2.21 bits per heavy atom. The molecule has 1 saturated heterocycles. The molecule has 1 aromatic carbocycles. The van der Waals surface area contributed by atoms with E-state index in [0.717, 1.165) is 48.3 Å². The van der Waals surface area contributed by atoms with Crippen molar-refractivity contribution in [3.63, 3.8) is 0 Å². The lowest BCUT2D eigenvalue weighted by Gasteiger charge is -2.38. The average molecular weight is 279 g/mol. The molecule has 2 fully saturated rings. The first-order valence-corrected chi connectivity index (χ1v) is 7.51. The summed E-state index contributed by atoms with van der Waals surface area (Å²) in [6.07, 6.45) is 4.71. The third-order valence-corrected chi connectivity index (χ3v) is 4.93. The van der Waals surface area contributed by atoms with Crippen LogP contribution in [0.5, 0.6) is 5.75 Å². The summed E-state index contributed by atoms with van der Waals surface area (Å²) in [4.78, 5) is 2.58. The normalized spacial score (nSPS) is 34.3. The molecule has 4 rings (SSSR count). The van der Waals surface area contributed by atoms with Crippen molar-refractivity contribution in [1.82, 2.24) is 4.90 Å². The zero-order valence-electron chi connectivity index (χ0n) is 10.9. The molecule has 19 heavy (non-hydrogen) atoms. The van der Waals surface area contributed by atoms with Crippen molar-refractivity contribution in [2.45, 2.75) is 43.4 Å². The molecule has 3 aliphatic rings. The van der Waals surface area contributed by atoms with E-state index in [0.29, 0.717) is 0 Å². The van der Waals surface area contributed by atoms with Gasteiger partial charge in [0.05, 0.1) is 0 Å². The second-order valence-corrected chi connectivity index (χ2v) is 6.67. The van der Waals surface area contributed by atoms with E-state index in [4.69, 9.17) is 22.1 Å². The standard InChI is InChI=1S/C15H19ClN2O/c16-10-1-4-14-12(7-10)13(17)8-15(19-14)5-6-18(9-15)11-2-3-11/h1,4,7,11,13H,2-3,5-6,8-9,17H2/t13-,15?/m0/s1. The molecule has 3 nitrogen and oxygen atoms in total. The molecule has 1 aliphatic carbocycles. The predicted octanol–water partition coefficient (Wildman–Crippen LogP) is 2.73. The van der Waals surface area contributed by atoms with E-state index in [9.17, 15) is 0 Å². The first-order valence-electron chi connectivity index (χ1n) is 7.13. The summed E-state index contributed by atoms with van der Waals surface area (Å²) >= 11 is 6.05. The number of ether oxygens (including phenoxy) is 1. The Labute approximate surface area is 118 Å². The lowest BCUT2D eigenvalue weighted by molar-refractivity contribution is 0.0434. The second kappa shape index (κ2) is 4.11. The van der Waals surface area contributed by atoms with E-state index in [1.165, 1.54) is 12.8 Å². The number of nitrogens with two attached hydrogens (primary N) is 1. The Hall–Kier alpha value is -0.770. The van der Waals surface area contributed by atoms with Gasteiger partial charge in [-0.1, -0.05) is 11.6 Å². The highest BCUT2D eigenvalue weighted by atomic mass is 35.5. The fraction of sp³-hybridized carbons (Fsp3) is 0.600. The summed E-state index contributed by atoms with van der Waals surface area (Å²) in [6, 6.07) is 6.66. The molecular weight excluding hydrogens is 260 g/mol. The molecular formula is C15H19ClN2O. The monoisotopic (exact) mass is 278 g/mol. The van der Waals surface area contributed by atoms with Crippen molar-refractivity contribution in [2.75, 3.05) is 13.1 Å². The van der Waals surface area contributed by atoms with Crippen molar-refractivity contribution in [3.8, 4) is 5.75 Å². The van der Waals surface area contributed by atoms with E-state index in [-0.39, 0.29) is 11.6 Å². The van der Waals surface area contributed by atoms with Gasteiger partial charge in [-0.25, -0.2) is 0 Å². The van der Waals surface area contributed by atoms with Gasteiger partial charge in [0, 0.05) is 48.6 Å². The predicted molar refractivity (Wildman–Crippen MR) is 75.6 cm³/mol. The number of likely N-dealkylation sites (tertiary alicyclic amines) is 1. The number of fused-ring (bicyclic) bond motifs is 1. The highest BCUT2D eigenvalue weighted by Gasteiger charge is 2.48. The Morgan fingerprint density at radius 3 is 3.00 bits per heavy atom. The summed E-state index contributed by atoms with van der Waals surface area (Å²) in [6.45, 7) is 2.19.